The fourth-order valence-corrected chi connectivity index (χ4v) is 4.61. The number of hydrogen-bond acceptors (Lipinski definition) is 8. The molecule has 122 valence electrons. The van der Waals surface area contributed by atoms with Gasteiger partial charge in [0.15, 0.2) is 0 Å². The summed E-state index contributed by atoms with van der Waals surface area (Å²) in [6, 6.07) is -0.735. The van der Waals surface area contributed by atoms with E-state index in [4.69, 9.17) is 0 Å². The molecular weight excluding hydrogens is 344 g/mol. The third-order valence-electron chi connectivity index (χ3n) is 3.40. The summed E-state index contributed by atoms with van der Waals surface area (Å²) in [7, 11) is 0. The van der Waals surface area contributed by atoms with Gasteiger partial charge in [-0.25, -0.2) is 9.48 Å². The summed E-state index contributed by atoms with van der Waals surface area (Å²) in [5.41, 5.74) is 0.0113. The van der Waals surface area contributed by atoms with Crippen molar-refractivity contribution in [1.29, 1.82) is 0 Å². The van der Waals surface area contributed by atoms with Crippen LogP contribution in [0.3, 0.4) is 0 Å². The molecule has 3 rings (SSSR count). The van der Waals surface area contributed by atoms with Crippen LogP contribution in [0.15, 0.2) is 16.9 Å². The first-order chi connectivity index (χ1) is 11.0. The molecule has 0 saturated carbocycles. The minimum atomic E-state index is -1.13. The maximum Gasteiger partial charge on any atom is 0.353 e. The summed E-state index contributed by atoms with van der Waals surface area (Å²) >= 11 is 2.74. The standard InChI is InChI=1S/C11H12N6O4S2/c1-22-5-3-23-10-7(9(19)17(10)8(5)11(20)21)13-6(18)2-16-4-12-14-15-16/h4,7,10H,2-3H2,1H3,(H,13,18)(H,20,21)/t7-,10+/m1/s1. The van der Waals surface area contributed by atoms with Crippen molar-refractivity contribution in [3.05, 3.63) is 16.9 Å². The Morgan fingerprint density at radius 1 is 1.57 bits per heavy atom. The number of carboxylic acid groups (broad SMARTS) is 1. The molecule has 2 N–H and O–H groups in total. The molecule has 23 heavy (non-hydrogen) atoms. The van der Waals surface area contributed by atoms with Crippen LogP contribution in [0.2, 0.25) is 0 Å². The summed E-state index contributed by atoms with van der Waals surface area (Å²) in [6.07, 6.45) is 3.06. The molecule has 10 nitrogen and oxygen atoms in total. The highest BCUT2D eigenvalue weighted by Crippen LogP contribution is 2.42. The molecule has 2 aliphatic rings. The van der Waals surface area contributed by atoms with Crippen molar-refractivity contribution in [2.75, 3.05) is 12.0 Å². The molecule has 0 bridgehead atoms. The smallest absolute Gasteiger partial charge is 0.353 e. The van der Waals surface area contributed by atoms with Crippen molar-refractivity contribution >= 4 is 41.3 Å². The van der Waals surface area contributed by atoms with Gasteiger partial charge in [-0.15, -0.1) is 28.6 Å². The third kappa shape index (κ3) is 2.79. The Labute approximate surface area is 138 Å². The summed E-state index contributed by atoms with van der Waals surface area (Å²) in [5.74, 6) is -1.47. The Morgan fingerprint density at radius 2 is 2.35 bits per heavy atom. The minimum absolute atomic E-state index is 0.0113. The third-order valence-corrected chi connectivity index (χ3v) is 5.69. The average Bonchev–Trinajstić information content (AvgIpc) is 3.03. The van der Waals surface area contributed by atoms with E-state index in [0.29, 0.717) is 10.7 Å². The molecule has 1 aromatic heterocycles. The predicted molar refractivity (Wildman–Crippen MR) is 81.0 cm³/mol. The van der Waals surface area contributed by atoms with E-state index < -0.39 is 29.2 Å². The lowest BCUT2D eigenvalue weighted by Gasteiger charge is -2.49. The molecule has 3 heterocycles. The van der Waals surface area contributed by atoms with Gasteiger partial charge in [0, 0.05) is 10.7 Å². The van der Waals surface area contributed by atoms with Crippen molar-refractivity contribution in [3.8, 4) is 0 Å². The molecule has 1 fully saturated rings. The van der Waals surface area contributed by atoms with E-state index >= 15 is 0 Å². The van der Waals surface area contributed by atoms with Crippen LogP contribution < -0.4 is 5.32 Å². The first kappa shape index (κ1) is 15.8. The van der Waals surface area contributed by atoms with Gasteiger partial charge in [0.1, 0.15) is 30.0 Å². The van der Waals surface area contributed by atoms with E-state index in [-0.39, 0.29) is 12.2 Å². The summed E-state index contributed by atoms with van der Waals surface area (Å²) in [5, 5.41) is 21.9. The van der Waals surface area contributed by atoms with E-state index in [2.05, 4.69) is 20.8 Å². The highest BCUT2D eigenvalue weighted by molar-refractivity contribution is 8.05. The van der Waals surface area contributed by atoms with E-state index in [0.717, 1.165) is 0 Å². The van der Waals surface area contributed by atoms with Crippen molar-refractivity contribution in [2.24, 2.45) is 0 Å². The van der Waals surface area contributed by atoms with E-state index in [9.17, 15) is 19.5 Å². The Kier molecular flexibility index (Phi) is 4.26. The van der Waals surface area contributed by atoms with Crippen molar-refractivity contribution < 1.29 is 19.5 Å². The molecule has 0 aliphatic carbocycles. The van der Waals surface area contributed by atoms with Gasteiger partial charge in [-0.3, -0.25) is 14.5 Å². The molecule has 0 unspecified atom stereocenters. The summed E-state index contributed by atoms with van der Waals surface area (Å²) in [6.45, 7) is -0.105. The fraction of sp³-hybridized carbons (Fsp3) is 0.455. The Morgan fingerprint density at radius 3 is 2.96 bits per heavy atom. The normalized spacial score (nSPS) is 23.3. The second-order valence-electron chi connectivity index (χ2n) is 4.74. The summed E-state index contributed by atoms with van der Waals surface area (Å²) < 4.78 is 1.23. The molecule has 0 aromatic carbocycles. The van der Waals surface area contributed by atoms with Gasteiger partial charge < -0.3 is 10.4 Å². The monoisotopic (exact) mass is 356 g/mol. The summed E-state index contributed by atoms with van der Waals surface area (Å²) in [4.78, 5) is 37.5. The number of amides is 2. The number of nitrogens with one attached hydrogen (secondary N) is 1. The predicted octanol–water partition coefficient (Wildman–Crippen LogP) is -1.27. The number of carbonyl (C=O) groups is 3. The largest absolute Gasteiger partial charge is 0.477 e. The molecule has 2 atom stereocenters. The van der Waals surface area contributed by atoms with Gasteiger partial charge in [-0.05, 0) is 16.7 Å². The maximum absolute atomic E-state index is 12.3. The van der Waals surface area contributed by atoms with Crippen LogP contribution in [-0.2, 0) is 20.9 Å². The fourth-order valence-electron chi connectivity index (χ4n) is 2.37. The van der Waals surface area contributed by atoms with Crippen LogP contribution in [0.4, 0.5) is 0 Å². The average molecular weight is 356 g/mol. The Bertz CT molecular complexity index is 691. The van der Waals surface area contributed by atoms with Crippen LogP contribution in [0.1, 0.15) is 0 Å². The molecule has 12 heteroatoms. The topological polar surface area (TPSA) is 130 Å². The van der Waals surface area contributed by atoms with Crippen LogP contribution in [0.5, 0.6) is 0 Å². The molecule has 0 radical (unpaired) electrons. The molecular formula is C11H12N6O4S2. The van der Waals surface area contributed by atoms with Gasteiger partial charge in [0.05, 0.1) is 0 Å². The molecule has 1 aromatic rings. The van der Waals surface area contributed by atoms with E-state index in [1.54, 1.807) is 6.26 Å². The number of hydrogen-bond donors (Lipinski definition) is 2. The van der Waals surface area contributed by atoms with Crippen LogP contribution >= 0.6 is 23.5 Å². The number of tetrazole rings is 1. The van der Waals surface area contributed by atoms with Crippen LogP contribution in [0, 0.1) is 0 Å². The number of aromatic nitrogens is 4. The van der Waals surface area contributed by atoms with Gasteiger partial charge >= 0.3 is 5.97 Å². The quantitative estimate of drug-likeness (QED) is 0.620. The van der Waals surface area contributed by atoms with Gasteiger partial charge in [0.25, 0.3) is 5.91 Å². The zero-order chi connectivity index (χ0) is 16.6. The Hall–Kier alpha value is -2.08. The minimum Gasteiger partial charge on any atom is -0.477 e. The zero-order valence-corrected chi connectivity index (χ0v) is 13.5. The first-order valence-electron chi connectivity index (χ1n) is 6.48. The van der Waals surface area contributed by atoms with Crippen LogP contribution in [0.25, 0.3) is 0 Å². The van der Waals surface area contributed by atoms with Crippen LogP contribution in [-0.4, -0.2) is 71.4 Å². The van der Waals surface area contributed by atoms with Gasteiger partial charge in [-0.2, -0.15) is 0 Å². The molecule has 2 amide bonds. The number of aliphatic carboxylic acids is 1. The molecule has 2 aliphatic heterocycles. The lowest BCUT2D eigenvalue weighted by Crippen LogP contribution is -2.70. The first-order valence-corrected chi connectivity index (χ1v) is 8.75. The number of β-lactam (4-membered cyclic amide) rings is 1. The van der Waals surface area contributed by atoms with E-state index in [1.165, 1.54) is 39.4 Å². The van der Waals surface area contributed by atoms with E-state index in [1.807, 2.05) is 0 Å². The number of carboxylic acids is 1. The van der Waals surface area contributed by atoms with Crippen molar-refractivity contribution in [1.82, 2.24) is 30.4 Å². The second kappa shape index (κ2) is 6.20. The lowest BCUT2D eigenvalue weighted by atomic mass is 10.1. The maximum atomic E-state index is 12.3. The second-order valence-corrected chi connectivity index (χ2v) is 6.75. The lowest BCUT2D eigenvalue weighted by molar-refractivity contribution is -0.150. The SMILES string of the molecule is CSC1=C(C(=O)O)N2C(=O)[C@@H](NC(=O)Cn3cnnn3)[C@@H]2SC1. The number of fused-ring (bicyclic) bond motifs is 1. The Balaban J connectivity index is 1.69. The van der Waals surface area contributed by atoms with Crippen molar-refractivity contribution in [2.45, 2.75) is 18.0 Å². The zero-order valence-electron chi connectivity index (χ0n) is 11.9. The number of thioether (sulfide) groups is 2. The van der Waals surface area contributed by atoms with Crippen molar-refractivity contribution in [3.63, 3.8) is 0 Å². The molecule has 1 saturated heterocycles. The number of nitrogens with zero attached hydrogens (tertiary/aromatic N) is 5. The van der Waals surface area contributed by atoms with Gasteiger partial charge in [0.2, 0.25) is 5.91 Å². The highest BCUT2D eigenvalue weighted by atomic mass is 32.2. The molecule has 0 spiro atoms. The number of rotatable bonds is 5. The number of carbonyl (C=O) groups excluding carboxylic acids is 2. The highest BCUT2D eigenvalue weighted by Gasteiger charge is 2.54. The van der Waals surface area contributed by atoms with Gasteiger partial charge in [-0.1, -0.05) is 0 Å².